The molecule has 21 heavy (non-hydrogen) atoms. The van der Waals surface area contributed by atoms with Crippen LogP contribution in [0.2, 0.25) is 0 Å². The van der Waals surface area contributed by atoms with Crippen LogP contribution in [0.3, 0.4) is 0 Å². The normalized spacial score (nSPS) is 11.9. The lowest BCUT2D eigenvalue weighted by molar-refractivity contribution is -0.142. The minimum absolute atomic E-state index is 0.00939. The fourth-order valence-electron chi connectivity index (χ4n) is 1.36. The van der Waals surface area contributed by atoms with Crippen molar-refractivity contribution in [3.05, 3.63) is 28.2 Å². The third-order valence-corrected chi connectivity index (χ3v) is 2.91. The van der Waals surface area contributed by atoms with Crippen LogP contribution in [-0.4, -0.2) is 24.5 Å². The molecule has 1 aromatic carbocycles. The number of carbonyl (C=O) groups is 1. The molecule has 0 spiro atoms. The number of ether oxygens (including phenoxy) is 1. The van der Waals surface area contributed by atoms with E-state index in [1.165, 1.54) is 25.1 Å². The van der Waals surface area contributed by atoms with Crippen LogP contribution in [0.1, 0.15) is 18.9 Å². The smallest absolute Gasteiger partial charge is 0.430 e. The maximum atomic E-state index is 12.9. The number of benzene rings is 1. The first kappa shape index (κ1) is 17.2. The molecule has 0 aliphatic carbocycles. The molecule has 0 N–H and O–H groups in total. The van der Waals surface area contributed by atoms with Gasteiger partial charge in [0.2, 0.25) is 0 Å². The molecule has 0 saturated heterocycles. The highest BCUT2D eigenvalue weighted by Gasteiger charge is 2.37. The Morgan fingerprint density at radius 2 is 2.14 bits per heavy atom. The highest BCUT2D eigenvalue weighted by molar-refractivity contribution is 9.10. The van der Waals surface area contributed by atoms with Crippen molar-refractivity contribution in [2.24, 2.45) is 4.99 Å². The molecule has 0 radical (unpaired) electrons. The van der Waals surface area contributed by atoms with Crippen LogP contribution in [0.25, 0.3) is 0 Å². The Morgan fingerprint density at radius 3 is 2.62 bits per heavy atom. The topological polar surface area (TPSA) is 62.4 Å². The van der Waals surface area contributed by atoms with E-state index in [0.717, 1.165) is 0 Å². The molecule has 0 amide bonds. The van der Waals surface area contributed by atoms with Gasteiger partial charge in [-0.25, -0.2) is 4.99 Å². The van der Waals surface area contributed by atoms with Crippen molar-refractivity contribution in [3.63, 3.8) is 0 Å². The van der Waals surface area contributed by atoms with E-state index in [1.807, 2.05) is 6.07 Å². The molecule has 0 aliphatic rings. The van der Waals surface area contributed by atoms with E-state index in [-0.39, 0.29) is 22.3 Å². The summed E-state index contributed by atoms with van der Waals surface area (Å²) in [4.78, 5) is 14.7. The summed E-state index contributed by atoms with van der Waals surface area (Å²) in [6, 6.07) is 5.80. The molecule has 0 aliphatic heterocycles. The molecule has 8 heteroatoms. The van der Waals surface area contributed by atoms with E-state index in [4.69, 9.17) is 5.26 Å². The second kappa shape index (κ2) is 7.22. The molecule has 0 bridgehead atoms. The van der Waals surface area contributed by atoms with Gasteiger partial charge in [-0.05, 0) is 41.1 Å². The molecule has 1 aromatic rings. The lowest BCUT2D eigenvalue weighted by atomic mass is 10.2. The monoisotopic (exact) mass is 362 g/mol. The first-order valence-corrected chi connectivity index (χ1v) is 6.57. The number of carbonyl (C=O) groups excluding carboxylic acids is 1. The van der Waals surface area contributed by atoms with Gasteiger partial charge in [-0.3, -0.25) is 4.79 Å². The van der Waals surface area contributed by atoms with E-state index >= 15 is 0 Å². The van der Waals surface area contributed by atoms with Crippen molar-refractivity contribution >= 4 is 33.3 Å². The van der Waals surface area contributed by atoms with E-state index in [1.54, 1.807) is 0 Å². The molecule has 112 valence electrons. The predicted octanol–water partition coefficient (Wildman–Crippen LogP) is 3.91. The number of aliphatic imine (C=N–C) groups is 1. The number of alkyl halides is 3. The molecular formula is C13H10BrF3N2O2. The van der Waals surface area contributed by atoms with Crippen molar-refractivity contribution in [2.75, 3.05) is 6.61 Å². The number of nitriles is 1. The number of rotatable bonds is 4. The van der Waals surface area contributed by atoms with Crippen LogP contribution in [0.15, 0.2) is 27.7 Å². The lowest BCUT2D eigenvalue weighted by Gasteiger charge is -2.10. The Hall–Kier alpha value is -1.88. The Labute approximate surface area is 127 Å². The minimum atomic E-state index is -4.75. The van der Waals surface area contributed by atoms with Crippen molar-refractivity contribution in [2.45, 2.75) is 19.5 Å². The maximum Gasteiger partial charge on any atom is 0.430 e. The molecule has 0 aromatic heterocycles. The summed E-state index contributed by atoms with van der Waals surface area (Å²) in [6.07, 6.45) is -5.72. The standard InChI is InChI=1S/C13H10BrF3N2O2/c1-2-21-12(20)6-11(13(15,16)17)19-10-4-3-8(7-18)5-9(10)14/h3-5H,2,6H2,1H3. The Kier molecular flexibility index (Phi) is 5.90. The van der Waals surface area contributed by atoms with Crippen LogP contribution in [-0.2, 0) is 9.53 Å². The summed E-state index contributed by atoms with van der Waals surface area (Å²) in [5, 5.41) is 8.69. The van der Waals surface area contributed by atoms with Gasteiger partial charge < -0.3 is 4.74 Å². The largest absolute Gasteiger partial charge is 0.466 e. The summed E-state index contributed by atoms with van der Waals surface area (Å²) in [7, 11) is 0. The van der Waals surface area contributed by atoms with Gasteiger partial charge in [-0.15, -0.1) is 0 Å². The zero-order valence-corrected chi connectivity index (χ0v) is 12.5. The molecule has 4 nitrogen and oxygen atoms in total. The summed E-state index contributed by atoms with van der Waals surface area (Å²) >= 11 is 3.04. The summed E-state index contributed by atoms with van der Waals surface area (Å²) in [5.74, 6) is -1.00. The van der Waals surface area contributed by atoms with Gasteiger partial charge in [-0.2, -0.15) is 18.4 Å². The zero-order valence-electron chi connectivity index (χ0n) is 10.9. The number of esters is 1. The maximum absolute atomic E-state index is 12.9. The SMILES string of the molecule is CCOC(=O)CC(=Nc1ccc(C#N)cc1Br)C(F)(F)F. The van der Waals surface area contributed by atoms with Crippen molar-refractivity contribution < 1.29 is 22.7 Å². The van der Waals surface area contributed by atoms with Crippen molar-refractivity contribution in [3.8, 4) is 6.07 Å². The number of hydrogen-bond donors (Lipinski definition) is 0. The van der Waals surface area contributed by atoms with Crippen LogP contribution >= 0.6 is 15.9 Å². The second-order valence-corrected chi connectivity index (χ2v) is 4.67. The molecule has 0 fully saturated rings. The van der Waals surface area contributed by atoms with Gasteiger partial charge in [0.05, 0.1) is 30.3 Å². The first-order chi connectivity index (χ1) is 9.77. The summed E-state index contributed by atoms with van der Waals surface area (Å²) < 4.78 is 43.4. The van der Waals surface area contributed by atoms with Crippen molar-refractivity contribution in [1.82, 2.24) is 0 Å². The van der Waals surface area contributed by atoms with E-state index in [0.29, 0.717) is 0 Å². The molecule has 0 atom stereocenters. The summed E-state index contributed by atoms with van der Waals surface area (Å²) in [6.45, 7) is 1.49. The Bertz CT molecular complexity index is 606. The quantitative estimate of drug-likeness (QED) is 0.602. The van der Waals surface area contributed by atoms with Crippen LogP contribution < -0.4 is 0 Å². The van der Waals surface area contributed by atoms with Gasteiger partial charge in [0.1, 0.15) is 5.71 Å². The second-order valence-electron chi connectivity index (χ2n) is 3.82. The Morgan fingerprint density at radius 1 is 1.48 bits per heavy atom. The third kappa shape index (κ3) is 5.19. The van der Waals surface area contributed by atoms with Crippen LogP contribution in [0.5, 0.6) is 0 Å². The number of halogens is 4. The highest BCUT2D eigenvalue weighted by atomic mass is 79.9. The van der Waals surface area contributed by atoms with Gasteiger partial charge in [0.15, 0.2) is 0 Å². The van der Waals surface area contributed by atoms with E-state index in [9.17, 15) is 18.0 Å². The van der Waals surface area contributed by atoms with E-state index < -0.39 is 24.3 Å². The Balaban J connectivity index is 3.15. The van der Waals surface area contributed by atoms with Gasteiger partial charge in [0, 0.05) is 4.47 Å². The average molecular weight is 363 g/mol. The van der Waals surface area contributed by atoms with Gasteiger partial charge in [-0.1, -0.05) is 0 Å². The number of nitrogens with zero attached hydrogens (tertiary/aromatic N) is 2. The third-order valence-electron chi connectivity index (χ3n) is 2.28. The average Bonchev–Trinajstić information content (AvgIpc) is 2.39. The highest BCUT2D eigenvalue weighted by Crippen LogP contribution is 2.30. The molecule has 0 unspecified atom stereocenters. The predicted molar refractivity (Wildman–Crippen MR) is 73.3 cm³/mol. The summed E-state index contributed by atoms with van der Waals surface area (Å²) in [5.41, 5.74) is -1.00. The zero-order chi connectivity index (χ0) is 16.0. The van der Waals surface area contributed by atoms with Gasteiger partial charge >= 0.3 is 12.1 Å². The molecule has 0 saturated carbocycles. The fourth-order valence-corrected chi connectivity index (χ4v) is 1.83. The van der Waals surface area contributed by atoms with Crippen LogP contribution in [0, 0.1) is 11.3 Å². The first-order valence-electron chi connectivity index (χ1n) is 5.78. The van der Waals surface area contributed by atoms with E-state index in [2.05, 4.69) is 25.7 Å². The fraction of sp³-hybridized carbons (Fsp3) is 0.308. The van der Waals surface area contributed by atoms with Crippen LogP contribution in [0.4, 0.5) is 18.9 Å². The minimum Gasteiger partial charge on any atom is -0.466 e. The number of hydrogen-bond acceptors (Lipinski definition) is 4. The van der Waals surface area contributed by atoms with Crippen molar-refractivity contribution in [1.29, 1.82) is 5.26 Å². The molecular weight excluding hydrogens is 353 g/mol. The molecule has 1 rings (SSSR count). The van der Waals surface area contributed by atoms with Gasteiger partial charge in [0.25, 0.3) is 0 Å². The molecule has 0 heterocycles. The lowest BCUT2D eigenvalue weighted by Crippen LogP contribution is -2.26.